The van der Waals surface area contributed by atoms with Gasteiger partial charge in [0.25, 0.3) is 0 Å². The Morgan fingerprint density at radius 2 is 1.88 bits per heavy atom. The molecule has 0 bridgehead atoms. The van der Waals surface area contributed by atoms with Crippen LogP contribution in [0.5, 0.6) is 0 Å². The van der Waals surface area contributed by atoms with Gasteiger partial charge in [-0.3, -0.25) is 14.4 Å². The Morgan fingerprint density at radius 3 is 2.55 bits per heavy atom. The smallest absolute Gasteiger partial charge is 0.321 e. The Bertz CT molecular complexity index is 1110. The second-order valence-corrected chi connectivity index (χ2v) is 8.90. The maximum Gasteiger partial charge on any atom is 0.321 e. The maximum absolute atomic E-state index is 13.2. The fourth-order valence-electron chi connectivity index (χ4n) is 3.60. The predicted molar refractivity (Wildman–Crippen MR) is 126 cm³/mol. The van der Waals surface area contributed by atoms with Gasteiger partial charge in [-0.1, -0.05) is 0 Å². The number of aliphatic carboxylic acids is 1. The Morgan fingerprint density at radius 1 is 1.18 bits per heavy atom. The number of carboxylic acid groups (broad SMARTS) is 1. The molecule has 0 radical (unpaired) electrons. The second-order valence-electron chi connectivity index (χ2n) is 7.87. The molecule has 2 aliphatic rings. The van der Waals surface area contributed by atoms with Gasteiger partial charge in [-0.15, -0.1) is 11.8 Å². The van der Waals surface area contributed by atoms with Gasteiger partial charge in [0.15, 0.2) is 0 Å². The van der Waals surface area contributed by atoms with Crippen LogP contribution in [0.15, 0.2) is 47.4 Å². The number of nitrogens with zero attached hydrogens (tertiary/aromatic N) is 4. The van der Waals surface area contributed by atoms with E-state index in [0.29, 0.717) is 5.69 Å². The number of aromatic nitrogens is 2. The van der Waals surface area contributed by atoms with E-state index in [-0.39, 0.29) is 27.6 Å². The molecule has 11 heteroatoms. The Balaban J connectivity index is 1.60. The number of nitrogens with two attached hydrogens (primary N) is 1. The number of nitrogens with one attached hydrogen (secondary N) is 1. The zero-order valence-electron chi connectivity index (χ0n) is 18.0. The molecular formula is C22H24N6O4S. The number of benzene rings is 1. The highest BCUT2D eigenvalue weighted by Gasteiger charge is 2.34. The minimum atomic E-state index is -1.19. The molecule has 1 saturated heterocycles. The van der Waals surface area contributed by atoms with Crippen molar-refractivity contribution >= 4 is 40.7 Å². The van der Waals surface area contributed by atoms with Crippen LogP contribution in [0.1, 0.15) is 20.8 Å². The summed E-state index contributed by atoms with van der Waals surface area (Å²) in [5.74, 6) is -2.15. The lowest BCUT2D eigenvalue weighted by Crippen LogP contribution is -2.44. The van der Waals surface area contributed by atoms with E-state index in [9.17, 15) is 14.4 Å². The molecule has 2 aromatic rings. The minimum absolute atomic E-state index is 0.00244. The van der Waals surface area contributed by atoms with Gasteiger partial charge < -0.3 is 26.0 Å². The molecule has 1 aromatic carbocycles. The average molecular weight is 469 g/mol. The molecule has 33 heavy (non-hydrogen) atoms. The summed E-state index contributed by atoms with van der Waals surface area (Å²) in [5.41, 5.74) is 7.48. The van der Waals surface area contributed by atoms with Crippen LogP contribution in [-0.4, -0.2) is 82.5 Å². The topological polar surface area (TPSA) is 142 Å². The zero-order chi connectivity index (χ0) is 23.5. The van der Waals surface area contributed by atoms with Crippen molar-refractivity contribution in [2.45, 2.75) is 6.04 Å². The number of thioether (sulfide) groups is 1. The highest BCUT2D eigenvalue weighted by Crippen LogP contribution is 2.33. The zero-order valence-corrected chi connectivity index (χ0v) is 18.8. The van der Waals surface area contributed by atoms with Crippen LogP contribution in [0.2, 0.25) is 0 Å². The third-order valence-electron chi connectivity index (χ3n) is 5.56. The molecule has 4 N–H and O–H groups in total. The van der Waals surface area contributed by atoms with Crippen molar-refractivity contribution in [2.75, 3.05) is 49.2 Å². The van der Waals surface area contributed by atoms with Crippen LogP contribution < -0.4 is 16.0 Å². The SMILES string of the molecule is CN1CCN(c2ccc(NC3=C(SCC(N)C(=O)O)C(=O)c4ncncc4C3=O)cc2)CC1. The number of fused-ring (bicyclic) bond motifs is 1. The first-order chi connectivity index (χ1) is 15.8. The number of anilines is 2. The Labute approximate surface area is 194 Å². The second kappa shape index (κ2) is 9.69. The summed E-state index contributed by atoms with van der Waals surface area (Å²) in [6.07, 6.45) is 2.51. The summed E-state index contributed by atoms with van der Waals surface area (Å²) in [4.78, 5) is 49.9. The van der Waals surface area contributed by atoms with E-state index in [1.807, 2.05) is 24.3 Å². The summed E-state index contributed by atoms with van der Waals surface area (Å²) in [7, 11) is 2.10. The highest BCUT2D eigenvalue weighted by atomic mass is 32.2. The monoisotopic (exact) mass is 468 g/mol. The normalized spacial score (nSPS) is 17.7. The van der Waals surface area contributed by atoms with Crippen molar-refractivity contribution in [3.05, 3.63) is 58.6 Å². The van der Waals surface area contributed by atoms with Crippen molar-refractivity contribution in [1.29, 1.82) is 0 Å². The van der Waals surface area contributed by atoms with Crippen molar-refractivity contribution in [2.24, 2.45) is 5.73 Å². The van der Waals surface area contributed by atoms with Crippen LogP contribution in [0.3, 0.4) is 0 Å². The van der Waals surface area contributed by atoms with E-state index in [4.69, 9.17) is 10.8 Å². The molecule has 0 saturated carbocycles. The summed E-state index contributed by atoms with van der Waals surface area (Å²) in [5, 5.41) is 12.1. The molecule has 1 unspecified atom stereocenters. The fraction of sp³-hybridized carbons (Fsp3) is 0.318. The number of ketones is 2. The van der Waals surface area contributed by atoms with Gasteiger partial charge in [-0.25, -0.2) is 9.97 Å². The van der Waals surface area contributed by atoms with E-state index in [2.05, 4.69) is 32.1 Å². The van der Waals surface area contributed by atoms with E-state index in [0.717, 1.165) is 43.6 Å². The Hall–Kier alpha value is -3.28. The van der Waals surface area contributed by atoms with Crippen LogP contribution in [0, 0.1) is 0 Å². The Kier molecular flexibility index (Phi) is 6.72. The third-order valence-corrected chi connectivity index (χ3v) is 6.77. The molecule has 2 heterocycles. The van der Waals surface area contributed by atoms with Crippen LogP contribution in [0.25, 0.3) is 0 Å². The molecule has 4 rings (SSSR count). The van der Waals surface area contributed by atoms with E-state index < -0.39 is 23.6 Å². The van der Waals surface area contributed by atoms with Gasteiger partial charge in [0.1, 0.15) is 23.8 Å². The van der Waals surface area contributed by atoms with Gasteiger partial charge in [-0.2, -0.15) is 0 Å². The number of carbonyl (C=O) groups is 3. The van der Waals surface area contributed by atoms with Crippen LogP contribution >= 0.6 is 11.8 Å². The number of Topliss-reactive ketones (excluding diaryl/α,β-unsaturated/α-hetero) is 2. The molecule has 172 valence electrons. The predicted octanol–water partition coefficient (Wildman–Crippen LogP) is 1.08. The lowest BCUT2D eigenvalue weighted by Gasteiger charge is -2.34. The molecule has 1 aliphatic heterocycles. The third kappa shape index (κ3) is 4.90. The summed E-state index contributed by atoms with van der Waals surface area (Å²) < 4.78 is 0. The molecule has 0 amide bonds. The lowest BCUT2D eigenvalue weighted by molar-refractivity contribution is -0.137. The highest BCUT2D eigenvalue weighted by molar-refractivity contribution is 8.04. The molecule has 1 aliphatic carbocycles. The first kappa shape index (κ1) is 22.9. The number of likely N-dealkylation sites (N-methyl/N-ethyl adjacent to an activating group) is 1. The first-order valence-electron chi connectivity index (χ1n) is 10.4. The van der Waals surface area contributed by atoms with Crippen molar-refractivity contribution in [3.8, 4) is 0 Å². The standard InChI is InChI=1S/C22H24N6O4S/c1-27-6-8-28(9-7-27)14-4-2-13(3-5-14)26-18-19(29)15-10-24-12-25-17(15)20(30)21(18)33-11-16(23)22(31)32/h2-5,10,12,16,26H,6-9,11,23H2,1H3,(H,31,32). The largest absolute Gasteiger partial charge is 0.480 e. The summed E-state index contributed by atoms with van der Waals surface area (Å²) in [6.45, 7) is 3.85. The summed E-state index contributed by atoms with van der Waals surface area (Å²) >= 11 is 0.930. The van der Waals surface area contributed by atoms with Crippen LogP contribution in [-0.2, 0) is 4.79 Å². The lowest BCUT2D eigenvalue weighted by atomic mass is 9.98. The van der Waals surface area contributed by atoms with Gasteiger partial charge in [-0.05, 0) is 31.3 Å². The minimum Gasteiger partial charge on any atom is -0.480 e. The van der Waals surface area contributed by atoms with Gasteiger partial charge in [0.05, 0.1) is 10.5 Å². The van der Waals surface area contributed by atoms with E-state index >= 15 is 0 Å². The summed E-state index contributed by atoms with van der Waals surface area (Å²) in [6, 6.07) is 6.45. The molecular weight excluding hydrogens is 444 g/mol. The van der Waals surface area contributed by atoms with E-state index in [1.54, 1.807) is 0 Å². The van der Waals surface area contributed by atoms with Gasteiger partial charge >= 0.3 is 5.97 Å². The molecule has 1 atom stereocenters. The number of allylic oxidation sites excluding steroid dienone is 2. The number of hydrogen-bond donors (Lipinski definition) is 3. The number of carboxylic acids is 1. The molecule has 10 nitrogen and oxygen atoms in total. The number of hydrogen-bond acceptors (Lipinski definition) is 10. The number of piperazine rings is 1. The molecule has 1 aromatic heterocycles. The maximum atomic E-state index is 13.2. The van der Waals surface area contributed by atoms with Gasteiger partial charge in [0.2, 0.25) is 11.6 Å². The quantitative estimate of drug-likeness (QED) is 0.537. The number of carbonyl (C=O) groups excluding carboxylic acids is 2. The van der Waals surface area contributed by atoms with Crippen LogP contribution in [0.4, 0.5) is 11.4 Å². The molecule has 1 fully saturated rings. The molecule has 0 spiro atoms. The number of rotatable bonds is 7. The average Bonchev–Trinajstić information content (AvgIpc) is 2.83. The van der Waals surface area contributed by atoms with Crippen molar-refractivity contribution < 1.29 is 19.5 Å². The van der Waals surface area contributed by atoms with Crippen molar-refractivity contribution in [1.82, 2.24) is 14.9 Å². The van der Waals surface area contributed by atoms with Gasteiger partial charge in [0, 0.05) is 49.5 Å². The first-order valence-corrected chi connectivity index (χ1v) is 11.4. The fourth-order valence-corrected chi connectivity index (χ4v) is 4.60. The van der Waals surface area contributed by atoms with E-state index in [1.165, 1.54) is 12.5 Å². The van der Waals surface area contributed by atoms with Crippen molar-refractivity contribution in [3.63, 3.8) is 0 Å².